The van der Waals surface area contributed by atoms with Crippen molar-refractivity contribution in [3.05, 3.63) is 101 Å². The van der Waals surface area contributed by atoms with Gasteiger partial charge in [0.15, 0.2) is 6.61 Å². The van der Waals surface area contributed by atoms with Gasteiger partial charge < -0.3 is 15.0 Å². The van der Waals surface area contributed by atoms with E-state index in [4.69, 9.17) is 16.3 Å². The molecule has 0 heterocycles. The molecule has 0 aliphatic heterocycles. The van der Waals surface area contributed by atoms with E-state index in [0.717, 1.165) is 17.5 Å². The van der Waals surface area contributed by atoms with Gasteiger partial charge in [0.2, 0.25) is 5.91 Å². The first-order chi connectivity index (χ1) is 16.9. The van der Waals surface area contributed by atoms with Crippen molar-refractivity contribution in [1.29, 1.82) is 0 Å². The van der Waals surface area contributed by atoms with Gasteiger partial charge in [0, 0.05) is 24.0 Å². The molecule has 0 spiro atoms. The fraction of sp³-hybridized carbons (Fsp3) is 0.310. The zero-order valence-electron chi connectivity index (χ0n) is 20.5. The van der Waals surface area contributed by atoms with Crippen molar-refractivity contribution in [1.82, 2.24) is 10.2 Å². The normalized spacial score (nSPS) is 11.7. The number of nitrogens with zero attached hydrogens (tertiary/aromatic N) is 1. The van der Waals surface area contributed by atoms with E-state index in [9.17, 15) is 9.59 Å². The van der Waals surface area contributed by atoms with Crippen molar-refractivity contribution in [2.24, 2.45) is 0 Å². The molecule has 1 atom stereocenters. The molecule has 6 heteroatoms. The van der Waals surface area contributed by atoms with Gasteiger partial charge in [0.05, 0.1) is 0 Å². The van der Waals surface area contributed by atoms with Crippen LogP contribution in [-0.2, 0) is 29.0 Å². The van der Waals surface area contributed by atoms with Gasteiger partial charge in [-0.1, -0.05) is 73.1 Å². The van der Waals surface area contributed by atoms with Crippen LogP contribution in [0.15, 0.2) is 78.9 Å². The molecule has 3 rings (SSSR count). The van der Waals surface area contributed by atoms with Crippen LogP contribution in [0.5, 0.6) is 5.75 Å². The number of nitrogens with one attached hydrogen (secondary N) is 1. The number of amides is 2. The second kappa shape index (κ2) is 13.0. The Bertz CT molecular complexity index is 1100. The average molecular weight is 493 g/mol. The lowest BCUT2D eigenvalue weighted by Gasteiger charge is -2.32. The molecule has 5 nitrogen and oxygen atoms in total. The summed E-state index contributed by atoms with van der Waals surface area (Å²) in [4.78, 5) is 28.5. The summed E-state index contributed by atoms with van der Waals surface area (Å²) in [5.41, 5.74) is 3.00. The summed E-state index contributed by atoms with van der Waals surface area (Å²) in [6.45, 7) is 5.96. The molecule has 3 aromatic rings. The zero-order chi connectivity index (χ0) is 25.2. The first-order valence-electron chi connectivity index (χ1n) is 12.0. The standard InChI is InChI=1S/C29H33ClN2O3/c1-4-22-13-15-26(16-14-22)35-20-28(33)32(19-24-11-8-12-25(30)17-24)27(29(34)31-21(2)3)18-23-9-6-5-7-10-23/h5-17,21,27H,4,18-20H2,1-3H3,(H,31,34)/t27-/m0/s1. The third-order valence-corrected chi connectivity index (χ3v) is 5.87. The van der Waals surface area contributed by atoms with Crippen molar-refractivity contribution in [3.8, 4) is 5.75 Å². The smallest absolute Gasteiger partial charge is 0.261 e. The van der Waals surface area contributed by atoms with Crippen LogP contribution in [0.25, 0.3) is 0 Å². The van der Waals surface area contributed by atoms with E-state index < -0.39 is 6.04 Å². The summed E-state index contributed by atoms with van der Waals surface area (Å²) in [7, 11) is 0. The fourth-order valence-corrected chi connectivity index (χ4v) is 4.03. The summed E-state index contributed by atoms with van der Waals surface area (Å²) >= 11 is 6.21. The van der Waals surface area contributed by atoms with Crippen molar-refractivity contribution in [3.63, 3.8) is 0 Å². The van der Waals surface area contributed by atoms with Crippen LogP contribution < -0.4 is 10.1 Å². The molecular formula is C29H33ClN2O3. The number of carbonyl (C=O) groups is 2. The van der Waals surface area contributed by atoms with E-state index in [1.165, 1.54) is 5.56 Å². The summed E-state index contributed by atoms with van der Waals surface area (Å²) in [6.07, 6.45) is 1.32. The molecule has 2 amide bonds. The van der Waals surface area contributed by atoms with Crippen LogP contribution in [0.1, 0.15) is 37.5 Å². The van der Waals surface area contributed by atoms with Crippen molar-refractivity contribution >= 4 is 23.4 Å². The molecule has 0 aromatic heterocycles. The number of aryl methyl sites for hydroxylation is 1. The molecule has 0 bridgehead atoms. The molecule has 1 N–H and O–H groups in total. The molecule has 0 aliphatic carbocycles. The Morgan fingerprint density at radius 2 is 1.60 bits per heavy atom. The van der Waals surface area contributed by atoms with Gasteiger partial charge in [-0.2, -0.15) is 0 Å². The number of hydrogen-bond acceptors (Lipinski definition) is 3. The number of benzene rings is 3. The number of halogens is 1. The van der Waals surface area contributed by atoms with E-state index in [0.29, 0.717) is 17.2 Å². The van der Waals surface area contributed by atoms with Gasteiger partial charge in [-0.15, -0.1) is 0 Å². The van der Waals surface area contributed by atoms with Gasteiger partial charge in [0.25, 0.3) is 5.91 Å². The minimum atomic E-state index is -0.711. The molecule has 0 saturated carbocycles. The Morgan fingerprint density at radius 3 is 2.23 bits per heavy atom. The maximum absolute atomic E-state index is 13.5. The highest BCUT2D eigenvalue weighted by Crippen LogP contribution is 2.19. The minimum Gasteiger partial charge on any atom is -0.484 e. The lowest BCUT2D eigenvalue weighted by Crippen LogP contribution is -2.52. The first-order valence-corrected chi connectivity index (χ1v) is 12.3. The maximum Gasteiger partial charge on any atom is 0.261 e. The van der Waals surface area contributed by atoms with Gasteiger partial charge in [-0.25, -0.2) is 0 Å². The zero-order valence-corrected chi connectivity index (χ0v) is 21.3. The third-order valence-electron chi connectivity index (χ3n) is 5.64. The van der Waals surface area contributed by atoms with Crippen molar-refractivity contribution < 1.29 is 14.3 Å². The molecule has 0 saturated heterocycles. The minimum absolute atomic E-state index is 0.0581. The van der Waals surface area contributed by atoms with E-state index in [1.807, 2.05) is 86.6 Å². The SMILES string of the molecule is CCc1ccc(OCC(=O)N(Cc2cccc(Cl)c2)[C@@H](Cc2ccccc2)C(=O)NC(C)C)cc1. The van der Waals surface area contributed by atoms with Crippen LogP contribution in [0.2, 0.25) is 5.02 Å². The Morgan fingerprint density at radius 1 is 0.914 bits per heavy atom. The quantitative estimate of drug-likeness (QED) is 0.387. The number of hydrogen-bond donors (Lipinski definition) is 1. The van der Waals surface area contributed by atoms with E-state index in [2.05, 4.69) is 12.2 Å². The molecule has 0 radical (unpaired) electrons. The highest BCUT2D eigenvalue weighted by molar-refractivity contribution is 6.30. The van der Waals surface area contributed by atoms with Crippen LogP contribution >= 0.6 is 11.6 Å². The highest BCUT2D eigenvalue weighted by Gasteiger charge is 2.31. The predicted octanol–water partition coefficient (Wildman–Crippen LogP) is 5.45. The monoisotopic (exact) mass is 492 g/mol. The van der Waals surface area contributed by atoms with Gasteiger partial charge in [-0.05, 0) is 61.2 Å². The second-order valence-electron chi connectivity index (χ2n) is 8.81. The molecular weight excluding hydrogens is 460 g/mol. The topological polar surface area (TPSA) is 58.6 Å². The number of ether oxygens (including phenoxy) is 1. The summed E-state index contributed by atoms with van der Waals surface area (Å²) < 4.78 is 5.82. The first kappa shape index (κ1) is 26.3. The Kier molecular flexibility index (Phi) is 9.74. The lowest BCUT2D eigenvalue weighted by atomic mass is 10.0. The largest absolute Gasteiger partial charge is 0.484 e. The molecule has 0 fully saturated rings. The Hall–Kier alpha value is -3.31. The van der Waals surface area contributed by atoms with Crippen molar-refractivity contribution in [2.45, 2.75) is 52.2 Å². The van der Waals surface area contributed by atoms with Crippen LogP contribution in [0.4, 0.5) is 0 Å². The molecule has 184 valence electrons. The Labute approximate surface area is 213 Å². The van der Waals surface area contributed by atoms with Gasteiger partial charge >= 0.3 is 0 Å². The van der Waals surface area contributed by atoms with Crippen LogP contribution in [0.3, 0.4) is 0 Å². The molecule has 0 unspecified atom stereocenters. The number of rotatable bonds is 11. The van der Waals surface area contributed by atoms with Crippen molar-refractivity contribution in [2.75, 3.05) is 6.61 Å². The van der Waals surface area contributed by atoms with Gasteiger partial charge in [-0.3, -0.25) is 9.59 Å². The maximum atomic E-state index is 13.5. The van der Waals surface area contributed by atoms with Gasteiger partial charge in [0.1, 0.15) is 11.8 Å². The van der Waals surface area contributed by atoms with E-state index >= 15 is 0 Å². The fourth-order valence-electron chi connectivity index (χ4n) is 3.82. The summed E-state index contributed by atoms with van der Waals surface area (Å²) in [5, 5.41) is 3.56. The summed E-state index contributed by atoms with van der Waals surface area (Å²) in [6, 6.07) is 24.0. The lowest BCUT2D eigenvalue weighted by molar-refractivity contribution is -0.143. The van der Waals surface area contributed by atoms with E-state index in [-0.39, 0.29) is 31.0 Å². The Balaban J connectivity index is 1.88. The summed E-state index contributed by atoms with van der Waals surface area (Å²) in [5.74, 6) is 0.139. The molecule has 35 heavy (non-hydrogen) atoms. The molecule has 3 aromatic carbocycles. The third kappa shape index (κ3) is 8.15. The van der Waals surface area contributed by atoms with E-state index in [1.54, 1.807) is 11.0 Å². The second-order valence-corrected chi connectivity index (χ2v) is 9.24. The molecule has 0 aliphatic rings. The van der Waals surface area contributed by atoms with Crippen LogP contribution in [-0.4, -0.2) is 35.4 Å². The average Bonchev–Trinajstić information content (AvgIpc) is 2.85. The predicted molar refractivity (Wildman–Crippen MR) is 141 cm³/mol. The van der Waals surface area contributed by atoms with Crippen LogP contribution in [0, 0.1) is 0 Å². The number of carbonyl (C=O) groups excluding carboxylic acids is 2. The highest BCUT2D eigenvalue weighted by atomic mass is 35.5.